The summed E-state index contributed by atoms with van der Waals surface area (Å²) in [5.74, 6) is 0. The Morgan fingerprint density at radius 1 is 0.619 bits per heavy atom. The number of benzene rings is 2. The lowest BCUT2D eigenvalue weighted by molar-refractivity contribution is 0.528. The predicted octanol–water partition coefficient (Wildman–Crippen LogP) is 5.01. The van der Waals surface area contributed by atoms with Gasteiger partial charge in [0.1, 0.15) is 0 Å². The Labute approximate surface area is 129 Å². The molecule has 0 atom stereocenters. The van der Waals surface area contributed by atoms with Crippen LogP contribution in [0.25, 0.3) is 0 Å². The fourth-order valence-corrected chi connectivity index (χ4v) is 3.07. The summed E-state index contributed by atoms with van der Waals surface area (Å²) in [5.41, 5.74) is 8.00. The third kappa shape index (κ3) is 4.18. The Morgan fingerprint density at radius 3 is 1.24 bits per heavy atom. The molecule has 0 saturated carbocycles. The Morgan fingerprint density at radius 2 is 0.952 bits per heavy atom. The molecular formula is C20H27N. The lowest BCUT2D eigenvalue weighted by Gasteiger charge is -2.24. The monoisotopic (exact) mass is 281 g/mol. The van der Waals surface area contributed by atoms with Crippen molar-refractivity contribution in [1.82, 2.24) is 5.32 Å². The molecule has 0 fully saturated rings. The maximum Gasteiger partial charge on any atom is 0.0579 e. The first kappa shape index (κ1) is 15.8. The van der Waals surface area contributed by atoms with Gasteiger partial charge in [0.15, 0.2) is 0 Å². The van der Waals surface area contributed by atoms with Crippen LogP contribution >= 0.6 is 0 Å². The maximum atomic E-state index is 3.72. The molecule has 1 N–H and O–H groups in total. The summed E-state index contributed by atoms with van der Waals surface area (Å²) >= 11 is 0. The van der Waals surface area contributed by atoms with Crippen LogP contribution in [0.1, 0.15) is 53.3 Å². The molecule has 2 aromatic carbocycles. The minimum Gasteiger partial charge on any atom is -0.304 e. The summed E-state index contributed by atoms with van der Waals surface area (Å²) in [6.45, 7) is 13.1. The molecular weight excluding hydrogens is 254 g/mol. The third-order valence-electron chi connectivity index (χ3n) is 3.65. The van der Waals surface area contributed by atoms with E-state index in [0.717, 1.165) is 0 Å². The molecule has 112 valence electrons. The van der Waals surface area contributed by atoms with E-state index in [2.05, 4.69) is 83.3 Å². The van der Waals surface area contributed by atoms with Crippen molar-refractivity contribution in [2.75, 3.05) is 0 Å². The van der Waals surface area contributed by atoms with Crippen LogP contribution < -0.4 is 5.32 Å². The zero-order valence-corrected chi connectivity index (χ0v) is 14.1. The van der Waals surface area contributed by atoms with Gasteiger partial charge in [-0.05, 0) is 52.7 Å². The zero-order chi connectivity index (χ0) is 15.6. The molecule has 0 unspecified atom stereocenters. The van der Waals surface area contributed by atoms with Gasteiger partial charge in [0, 0.05) is 6.04 Å². The van der Waals surface area contributed by atoms with Gasteiger partial charge < -0.3 is 5.32 Å². The summed E-state index contributed by atoms with van der Waals surface area (Å²) in [5, 5.41) is 3.72. The zero-order valence-electron chi connectivity index (χ0n) is 14.1. The first-order valence-electron chi connectivity index (χ1n) is 7.77. The first-order chi connectivity index (χ1) is 9.85. The van der Waals surface area contributed by atoms with E-state index in [0.29, 0.717) is 6.04 Å². The van der Waals surface area contributed by atoms with Crippen molar-refractivity contribution in [1.29, 1.82) is 0 Å². The first-order valence-corrected chi connectivity index (χ1v) is 7.77. The van der Waals surface area contributed by atoms with E-state index < -0.39 is 0 Å². The van der Waals surface area contributed by atoms with Crippen molar-refractivity contribution in [2.24, 2.45) is 0 Å². The normalized spacial score (nSPS) is 11.4. The van der Waals surface area contributed by atoms with Crippen molar-refractivity contribution < 1.29 is 0 Å². The van der Waals surface area contributed by atoms with Crippen LogP contribution in [0.3, 0.4) is 0 Å². The fraction of sp³-hybridized carbons (Fsp3) is 0.400. The van der Waals surface area contributed by atoms with Gasteiger partial charge in [-0.15, -0.1) is 0 Å². The molecule has 0 bridgehead atoms. The average Bonchev–Trinajstić information content (AvgIpc) is 2.33. The van der Waals surface area contributed by atoms with Crippen molar-refractivity contribution in [3.63, 3.8) is 0 Å². The minimum atomic E-state index is 0.252. The Kier molecular flexibility index (Phi) is 4.84. The van der Waals surface area contributed by atoms with Crippen molar-refractivity contribution in [2.45, 2.75) is 53.6 Å². The van der Waals surface area contributed by atoms with E-state index in [-0.39, 0.29) is 6.04 Å². The average molecular weight is 281 g/mol. The molecule has 0 radical (unpaired) electrons. The van der Waals surface area contributed by atoms with Crippen molar-refractivity contribution in [3.05, 3.63) is 69.8 Å². The topological polar surface area (TPSA) is 12.0 Å². The van der Waals surface area contributed by atoms with Gasteiger partial charge in [-0.3, -0.25) is 0 Å². The van der Waals surface area contributed by atoms with E-state index >= 15 is 0 Å². The molecule has 0 aliphatic carbocycles. The van der Waals surface area contributed by atoms with Crippen molar-refractivity contribution in [3.8, 4) is 0 Å². The highest BCUT2D eigenvalue weighted by Gasteiger charge is 2.16. The highest BCUT2D eigenvalue weighted by molar-refractivity contribution is 5.39. The lowest BCUT2D eigenvalue weighted by atomic mass is 9.93. The van der Waals surface area contributed by atoms with Crippen LogP contribution in [-0.4, -0.2) is 6.04 Å². The highest BCUT2D eigenvalue weighted by atomic mass is 14.9. The summed E-state index contributed by atoms with van der Waals surface area (Å²) in [6.07, 6.45) is 0. The van der Waals surface area contributed by atoms with Gasteiger partial charge in [0.2, 0.25) is 0 Å². The fourth-order valence-electron chi connectivity index (χ4n) is 3.07. The molecule has 1 nitrogen and oxygen atoms in total. The number of rotatable bonds is 4. The van der Waals surface area contributed by atoms with E-state index in [1.807, 2.05) is 0 Å². The smallest absolute Gasteiger partial charge is 0.0579 e. The number of hydrogen-bond donors (Lipinski definition) is 1. The Bertz CT molecular complexity index is 534. The molecule has 0 saturated heterocycles. The maximum absolute atomic E-state index is 3.72. The van der Waals surface area contributed by atoms with Crippen LogP contribution in [0.15, 0.2) is 36.4 Å². The number of aryl methyl sites for hydroxylation is 4. The second-order valence-electron chi connectivity index (χ2n) is 6.60. The third-order valence-corrected chi connectivity index (χ3v) is 3.65. The van der Waals surface area contributed by atoms with Gasteiger partial charge in [-0.25, -0.2) is 0 Å². The van der Waals surface area contributed by atoms with Gasteiger partial charge in [-0.2, -0.15) is 0 Å². The highest BCUT2D eigenvalue weighted by Crippen LogP contribution is 2.26. The second kappa shape index (κ2) is 6.44. The van der Waals surface area contributed by atoms with Crippen LogP contribution in [0.5, 0.6) is 0 Å². The molecule has 2 rings (SSSR count). The minimum absolute atomic E-state index is 0.252. The number of hydrogen-bond acceptors (Lipinski definition) is 1. The molecule has 1 heteroatoms. The lowest BCUT2D eigenvalue weighted by Crippen LogP contribution is -2.29. The predicted molar refractivity (Wildman–Crippen MR) is 91.9 cm³/mol. The molecule has 0 aromatic heterocycles. The van der Waals surface area contributed by atoms with Gasteiger partial charge in [0.25, 0.3) is 0 Å². The van der Waals surface area contributed by atoms with Crippen LogP contribution in [0, 0.1) is 27.7 Å². The summed E-state index contributed by atoms with van der Waals surface area (Å²) in [7, 11) is 0. The van der Waals surface area contributed by atoms with E-state index in [9.17, 15) is 0 Å². The molecule has 0 aliphatic rings. The van der Waals surface area contributed by atoms with Crippen LogP contribution in [0.2, 0.25) is 0 Å². The van der Waals surface area contributed by atoms with E-state index in [4.69, 9.17) is 0 Å². The number of nitrogens with one attached hydrogen (secondary N) is 1. The molecule has 2 aromatic rings. The van der Waals surface area contributed by atoms with Gasteiger partial charge in [0.05, 0.1) is 6.04 Å². The molecule has 0 amide bonds. The second-order valence-corrected chi connectivity index (χ2v) is 6.60. The largest absolute Gasteiger partial charge is 0.304 e. The molecule has 0 heterocycles. The van der Waals surface area contributed by atoms with Gasteiger partial charge >= 0.3 is 0 Å². The van der Waals surface area contributed by atoms with E-state index in [1.165, 1.54) is 33.4 Å². The molecule has 21 heavy (non-hydrogen) atoms. The van der Waals surface area contributed by atoms with Crippen molar-refractivity contribution >= 4 is 0 Å². The summed E-state index contributed by atoms with van der Waals surface area (Å²) in [6, 6.07) is 14.3. The molecule has 0 spiro atoms. The molecule has 0 aliphatic heterocycles. The Hall–Kier alpha value is -1.60. The van der Waals surface area contributed by atoms with E-state index in [1.54, 1.807) is 0 Å². The SMILES string of the molecule is Cc1cc(C)cc(C(NC(C)C)c2cc(C)cc(C)c2)c1. The van der Waals surface area contributed by atoms with Gasteiger partial charge in [-0.1, -0.05) is 58.7 Å². The van der Waals surface area contributed by atoms with Crippen LogP contribution in [-0.2, 0) is 0 Å². The van der Waals surface area contributed by atoms with Crippen LogP contribution in [0.4, 0.5) is 0 Å². The standard InChI is InChI=1S/C20H27N/c1-13(2)21-20(18-9-14(3)7-15(4)10-18)19-11-16(5)8-17(6)12-19/h7-13,20-21H,1-6H3. The Balaban J connectivity index is 2.51. The summed E-state index contributed by atoms with van der Waals surface area (Å²) < 4.78 is 0. The quantitative estimate of drug-likeness (QED) is 0.831. The summed E-state index contributed by atoms with van der Waals surface area (Å²) in [4.78, 5) is 0.